The summed E-state index contributed by atoms with van der Waals surface area (Å²) in [5.74, 6) is -0.678. The lowest BCUT2D eigenvalue weighted by Crippen LogP contribution is -2.46. The zero-order valence-electron chi connectivity index (χ0n) is 13.5. The minimum atomic E-state index is -0.678. The van der Waals surface area contributed by atoms with Gasteiger partial charge in [-0.25, -0.2) is 0 Å². The van der Waals surface area contributed by atoms with Gasteiger partial charge in [-0.3, -0.25) is 9.69 Å². The Balaban J connectivity index is 2.12. The van der Waals surface area contributed by atoms with Crippen LogP contribution in [0.25, 0.3) is 0 Å². The average Bonchev–Trinajstić information content (AvgIpc) is 2.46. The van der Waals surface area contributed by atoms with Crippen LogP contribution in [0, 0.1) is 5.41 Å². The van der Waals surface area contributed by atoms with Gasteiger partial charge in [0.05, 0.1) is 5.41 Å². The summed E-state index contributed by atoms with van der Waals surface area (Å²) in [7, 11) is 4.06. The fourth-order valence-electron chi connectivity index (χ4n) is 3.05. The number of likely N-dealkylation sites (tertiary alicyclic amines) is 1. The highest BCUT2D eigenvalue weighted by Gasteiger charge is 2.39. The first kappa shape index (κ1) is 15.8. The second-order valence-corrected chi connectivity index (χ2v) is 6.60. The molecule has 1 N–H and O–H groups in total. The second kappa shape index (κ2) is 6.06. The number of nitrogens with zero attached hydrogens (tertiary/aromatic N) is 2. The first-order valence-electron chi connectivity index (χ1n) is 7.58. The number of aliphatic carboxylic acids is 1. The molecule has 116 valence electrons. The molecule has 2 atom stereocenters. The molecule has 0 aromatic heterocycles. The molecule has 4 heteroatoms. The first-order chi connectivity index (χ1) is 9.83. The lowest BCUT2D eigenvalue weighted by Gasteiger charge is -2.40. The molecule has 1 aliphatic rings. The summed E-state index contributed by atoms with van der Waals surface area (Å²) in [5.41, 5.74) is 1.81. The maximum atomic E-state index is 11.5. The van der Waals surface area contributed by atoms with E-state index in [0.29, 0.717) is 6.54 Å². The van der Waals surface area contributed by atoms with Crippen molar-refractivity contribution in [2.75, 3.05) is 32.1 Å². The normalized spacial score (nSPS) is 24.6. The molecular formula is C17H26N2O2. The van der Waals surface area contributed by atoms with E-state index in [9.17, 15) is 9.90 Å². The second-order valence-electron chi connectivity index (χ2n) is 6.60. The predicted octanol–water partition coefficient (Wildman–Crippen LogP) is 3.00. The van der Waals surface area contributed by atoms with Crippen molar-refractivity contribution in [2.45, 2.75) is 32.7 Å². The van der Waals surface area contributed by atoms with Crippen molar-refractivity contribution in [2.24, 2.45) is 5.41 Å². The number of carbonyl (C=O) groups is 1. The molecule has 1 heterocycles. The lowest BCUT2D eigenvalue weighted by atomic mass is 9.81. The standard InChI is InChI=1S/C17H26N2O2/c1-13(14-6-8-15(9-7-14)18(3)4)19-11-5-10-17(2,12-19)16(20)21/h6-9,13H,5,10-12H2,1-4H3,(H,20,21). The van der Waals surface area contributed by atoms with Crippen LogP contribution in [0.15, 0.2) is 24.3 Å². The number of rotatable bonds is 4. The van der Waals surface area contributed by atoms with Crippen LogP contribution < -0.4 is 4.90 Å². The SMILES string of the molecule is CC(c1ccc(N(C)C)cc1)N1CCCC(C)(C(=O)O)C1. The van der Waals surface area contributed by atoms with Gasteiger partial charge in [0, 0.05) is 32.4 Å². The molecule has 2 rings (SSSR count). The Morgan fingerprint density at radius 2 is 1.95 bits per heavy atom. The maximum Gasteiger partial charge on any atom is 0.310 e. The predicted molar refractivity (Wildman–Crippen MR) is 85.7 cm³/mol. The van der Waals surface area contributed by atoms with E-state index in [0.717, 1.165) is 19.4 Å². The molecule has 0 saturated carbocycles. The summed E-state index contributed by atoms with van der Waals surface area (Å²) in [6, 6.07) is 8.78. The van der Waals surface area contributed by atoms with Crippen LogP contribution in [0.5, 0.6) is 0 Å². The molecule has 1 aromatic carbocycles. The highest BCUT2D eigenvalue weighted by Crippen LogP contribution is 2.34. The van der Waals surface area contributed by atoms with Crippen LogP contribution in [0.1, 0.15) is 38.3 Å². The van der Waals surface area contributed by atoms with Crippen LogP contribution in [0.3, 0.4) is 0 Å². The zero-order valence-corrected chi connectivity index (χ0v) is 13.5. The fourth-order valence-corrected chi connectivity index (χ4v) is 3.05. The number of hydrogen-bond acceptors (Lipinski definition) is 3. The zero-order chi connectivity index (χ0) is 15.6. The number of carboxylic acids is 1. The van der Waals surface area contributed by atoms with Gasteiger partial charge >= 0.3 is 5.97 Å². The molecule has 2 unspecified atom stereocenters. The summed E-state index contributed by atoms with van der Waals surface area (Å²) < 4.78 is 0. The minimum Gasteiger partial charge on any atom is -0.481 e. The highest BCUT2D eigenvalue weighted by atomic mass is 16.4. The van der Waals surface area contributed by atoms with Gasteiger partial charge in [0.1, 0.15) is 0 Å². The average molecular weight is 290 g/mol. The molecule has 1 aromatic rings. The van der Waals surface area contributed by atoms with E-state index in [-0.39, 0.29) is 6.04 Å². The first-order valence-corrected chi connectivity index (χ1v) is 7.58. The van der Waals surface area contributed by atoms with E-state index < -0.39 is 11.4 Å². The summed E-state index contributed by atoms with van der Waals surface area (Å²) in [6.07, 6.45) is 1.72. The molecule has 0 spiro atoms. The van der Waals surface area contributed by atoms with Crippen molar-refractivity contribution < 1.29 is 9.90 Å². The van der Waals surface area contributed by atoms with E-state index in [1.54, 1.807) is 0 Å². The Morgan fingerprint density at radius 1 is 1.33 bits per heavy atom. The number of anilines is 1. The smallest absolute Gasteiger partial charge is 0.310 e. The molecule has 1 aliphatic heterocycles. The van der Waals surface area contributed by atoms with Crippen molar-refractivity contribution in [3.8, 4) is 0 Å². The molecule has 21 heavy (non-hydrogen) atoms. The number of piperidine rings is 1. The molecule has 0 radical (unpaired) electrons. The largest absolute Gasteiger partial charge is 0.481 e. The maximum absolute atomic E-state index is 11.5. The van der Waals surface area contributed by atoms with Crippen LogP contribution in [-0.4, -0.2) is 43.2 Å². The summed E-state index contributed by atoms with van der Waals surface area (Å²) >= 11 is 0. The summed E-state index contributed by atoms with van der Waals surface area (Å²) in [4.78, 5) is 15.8. The van der Waals surface area contributed by atoms with E-state index in [1.807, 2.05) is 21.0 Å². The van der Waals surface area contributed by atoms with Crippen molar-refractivity contribution in [1.82, 2.24) is 4.90 Å². The topological polar surface area (TPSA) is 43.8 Å². The van der Waals surface area contributed by atoms with Crippen molar-refractivity contribution in [1.29, 1.82) is 0 Å². The molecule has 1 saturated heterocycles. The van der Waals surface area contributed by atoms with Gasteiger partial charge in [0.2, 0.25) is 0 Å². The van der Waals surface area contributed by atoms with Crippen molar-refractivity contribution in [3.63, 3.8) is 0 Å². The lowest BCUT2D eigenvalue weighted by molar-refractivity contribution is -0.151. The van der Waals surface area contributed by atoms with E-state index in [1.165, 1.54) is 11.3 Å². The third kappa shape index (κ3) is 3.38. The molecular weight excluding hydrogens is 264 g/mol. The van der Waals surface area contributed by atoms with Gasteiger partial charge in [-0.2, -0.15) is 0 Å². The Labute approximate surface area is 127 Å². The van der Waals surface area contributed by atoms with Crippen LogP contribution in [0.4, 0.5) is 5.69 Å². The minimum absolute atomic E-state index is 0.250. The Kier molecular flexibility index (Phi) is 4.57. The fraction of sp³-hybridized carbons (Fsp3) is 0.588. The van der Waals surface area contributed by atoms with Crippen molar-refractivity contribution in [3.05, 3.63) is 29.8 Å². The monoisotopic (exact) mass is 290 g/mol. The van der Waals surface area contributed by atoms with Gasteiger partial charge in [0.15, 0.2) is 0 Å². The van der Waals surface area contributed by atoms with Crippen LogP contribution >= 0.6 is 0 Å². The van der Waals surface area contributed by atoms with Gasteiger partial charge in [-0.15, -0.1) is 0 Å². The van der Waals surface area contributed by atoms with E-state index in [2.05, 4.69) is 41.0 Å². The summed E-state index contributed by atoms with van der Waals surface area (Å²) in [5, 5.41) is 9.43. The number of hydrogen-bond donors (Lipinski definition) is 1. The van der Waals surface area contributed by atoms with E-state index in [4.69, 9.17) is 0 Å². The van der Waals surface area contributed by atoms with Crippen LogP contribution in [0.2, 0.25) is 0 Å². The van der Waals surface area contributed by atoms with Gasteiger partial charge in [-0.1, -0.05) is 12.1 Å². The van der Waals surface area contributed by atoms with E-state index >= 15 is 0 Å². The molecule has 0 amide bonds. The number of benzene rings is 1. The van der Waals surface area contributed by atoms with Crippen molar-refractivity contribution >= 4 is 11.7 Å². The third-order valence-electron chi connectivity index (χ3n) is 4.68. The van der Waals surface area contributed by atoms with Gasteiger partial charge in [-0.05, 0) is 50.9 Å². The molecule has 1 fully saturated rings. The Morgan fingerprint density at radius 3 is 2.48 bits per heavy atom. The number of carboxylic acid groups (broad SMARTS) is 1. The van der Waals surface area contributed by atoms with Crippen LogP contribution in [-0.2, 0) is 4.79 Å². The molecule has 0 aliphatic carbocycles. The molecule has 0 bridgehead atoms. The van der Waals surface area contributed by atoms with Gasteiger partial charge < -0.3 is 10.0 Å². The highest BCUT2D eigenvalue weighted by molar-refractivity contribution is 5.74. The summed E-state index contributed by atoms with van der Waals surface area (Å²) in [6.45, 7) is 5.63. The molecule has 4 nitrogen and oxygen atoms in total. The third-order valence-corrected chi connectivity index (χ3v) is 4.68. The Hall–Kier alpha value is -1.55. The Bertz CT molecular complexity index is 498. The van der Waals surface area contributed by atoms with Gasteiger partial charge in [0.25, 0.3) is 0 Å². The quantitative estimate of drug-likeness (QED) is 0.926.